The maximum atomic E-state index is 4.10. The molecular formula is C43H32S. The Bertz CT molecular complexity index is 2310. The van der Waals surface area contributed by atoms with Gasteiger partial charge in [-0.2, -0.15) is 0 Å². The minimum atomic E-state index is 1.07. The van der Waals surface area contributed by atoms with Crippen LogP contribution in [0.15, 0.2) is 140 Å². The van der Waals surface area contributed by atoms with Gasteiger partial charge in [-0.25, -0.2) is 0 Å². The maximum Gasteiger partial charge on any atom is 0.0355 e. The van der Waals surface area contributed by atoms with Crippen LogP contribution in [-0.2, 0) is 6.42 Å². The second-order valence-corrected chi connectivity index (χ2v) is 12.7. The average Bonchev–Trinajstić information content (AvgIpc) is 3.45. The topological polar surface area (TPSA) is 0 Å². The van der Waals surface area contributed by atoms with Gasteiger partial charge in [-0.1, -0.05) is 129 Å². The zero-order chi connectivity index (χ0) is 29.6. The minimum absolute atomic E-state index is 1.07. The lowest BCUT2D eigenvalue weighted by Crippen LogP contribution is -1.92. The monoisotopic (exact) mass is 580 g/mol. The Labute approximate surface area is 262 Å². The lowest BCUT2D eigenvalue weighted by atomic mass is 9.85. The summed E-state index contributed by atoms with van der Waals surface area (Å²) in [5, 5.41) is 7.78. The molecule has 8 rings (SSSR count). The van der Waals surface area contributed by atoms with E-state index >= 15 is 0 Å². The summed E-state index contributed by atoms with van der Waals surface area (Å²) in [5.41, 5.74) is 10.1. The number of aryl methyl sites for hydroxylation is 1. The van der Waals surface area contributed by atoms with Gasteiger partial charge in [0.2, 0.25) is 0 Å². The third kappa shape index (κ3) is 4.35. The summed E-state index contributed by atoms with van der Waals surface area (Å²) in [5.74, 6) is 0. The summed E-state index contributed by atoms with van der Waals surface area (Å²) in [6.45, 7) is 6.33. The van der Waals surface area contributed by atoms with E-state index in [1.807, 2.05) is 17.4 Å². The van der Waals surface area contributed by atoms with E-state index in [4.69, 9.17) is 0 Å². The van der Waals surface area contributed by atoms with Crippen LogP contribution in [0.3, 0.4) is 0 Å². The molecule has 0 bridgehead atoms. The Morgan fingerprint density at radius 2 is 1.05 bits per heavy atom. The van der Waals surface area contributed by atoms with Crippen molar-refractivity contribution in [1.82, 2.24) is 0 Å². The van der Waals surface area contributed by atoms with Crippen molar-refractivity contribution in [2.45, 2.75) is 19.8 Å². The zero-order valence-electron chi connectivity index (χ0n) is 24.8. The highest BCUT2D eigenvalue weighted by Gasteiger charge is 2.18. The molecule has 0 spiro atoms. The fraction of sp³-hybridized carbons (Fsp3) is 0.0698. The first-order valence-electron chi connectivity index (χ1n) is 15.4. The molecule has 0 radical (unpaired) electrons. The Kier molecular flexibility index (Phi) is 6.62. The molecule has 1 heterocycles. The molecule has 1 heteroatoms. The first kappa shape index (κ1) is 26.6. The van der Waals surface area contributed by atoms with Gasteiger partial charge < -0.3 is 0 Å². The van der Waals surface area contributed by atoms with E-state index in [2.05, 4.69) is 147 Å². The SMILES string of the molecule is C=Cc1cc(-c2cccc(-c3c4ccccc4c(-c4ccc5sc6ccccc6c5c4)c4ccccc34)c2)ccc1CCC. The van der Waals surface area contributed by atoms with Gasteiger partial charge in [0.05, 0.1) is 0 Å². The van der Waals surface area contributed by atoms with E-state index in [1.165, 1.54) is 86.2 Å². The van der Waals surface area contributed by atoms with Gasteiger partial charge in [0.15, 0.2) is 0 Å². The fourth-order valence-electron chi connectivity index (χ4n) is 6.95. The first-order chi connectivity index (χ1) is 21.7. The van der Waals surface area contributed by atoms with Gasteiger partial charge in [-0.3, -0.25) is 0 Å². The smallest absolute Gasteiger partial charge is 0.0355 e. The predicted octanol–water partition coefficient (Wildman–Crippen LogP) is 13.0. The maximum absolute atomic E-state index is 4.10. The third-order valence-electron chi connectivity index (χ3n) is 8.97. The normalized spacial score (nSPS) is 11.6. The highest BCUT2D eigenvalue weighted by molar-refractivity contribution is 7.25. The standard InChI is InChI=1S/C43H32S/c1-3-12-29-21-22-31(25-28(29)4-2)30-13-11-14-32(26-30)42-35-16-5-7-18-37(35)43(38-19-8-6-17-36(38)42)33-23-24-41-39(27-33)34-15-9-10-20-40(34)44-41/h4-11,13-27H,2-3,12H2,1H3. The third-order valence-corrected chi connectivity index (χ3v) is 10.1. The number of hydrogen-bond donors (Lipinski definition) is 0. The molecular weight excluding hydrogens is 549 g/mol. The fourth-order valence-corrected chi connectivity index (χ4v) is 8.03. The molecule has 44 heavy (non-hydrogen) atoms. The summed E-state index contributed by atoms with van der Waals surface area (Å²) in [4.78, 5) is 0. The summed E-state index contributed by atoms with van der Waals surface area (Å²) in [7, 11) is 0. The van der Waals surface area contributed by atoms with Crippen molar-refractivity contribution < 1.29 is 0 Å². The number of rotatable bonds is 6. The van der Waals surface area contributed by atoms with E-state index in [-0.39, 0.29) is 0 Å². The van der Waals surface area contributed by atoms with E-state index < -0.39 is 0 Å². The van der Waals surface area contributed by atoms with Crippen LogP contribution < -0.4 is 0 Å². The highest BCUT2D eigenvalue weighted by atomic mass is 32.1. The molecule has 0 atom stereocenters. The largest absolute Gasteiger partial charge is 0.135 e. The zero-order valence-corrected chi connectivity index (χ0v) is 25.6. The van der Waals surface area contributed by atoms with Crippen molar-refractivity contribution in [2.75, 3.05) is 0 Å². The molecule has 1 aromatic heterocycles. The van der Waals surface area contributed by atoms with E-state index in [0.717, 1.165) is 12.8 Å². The molecule has 0 N–H and O–H groups in total. The number of thiophene rings is 1. The number of hydrogen-bond acceptors (Lipinski definition) is 1. The Hall–Kier alpha value is -4.98. The van der Waals surface area contributed by atoms with Gasteiger partial charge >= 0.3 is 0 Å². The molecule has 0 nitrogen and oxygen atoms in total. The first-order valence-corrected chi connectivity index (χ1v) is 16.3. The van der Waals surface area contributed by atoms with Crippen LogP contribution in [-0.4, -0.2) is 0 Å². The highest BCUT2D eigenvalue weighted by Crippen LogP contribution is 2.45. The lowest BCUT2D eigenvalue weighted by molar-refractivity contribution is 0.920. The molecule has 0 aliphatic rings. The van der Waals surface area contributed by atoms with Crippen molar-refractivity contribution in [1.29, 1.82) is 0 Å². The van der Waals surface area contributed by atoms with Crippen LogP contribution in [0.2, 0.25) is 0 Å². The van der Waals surface area contributed by atoms with Crippen LogP contribution in [0.4, 0.5) is 0 Å². The van der Waals surface area contributed by atoms with Gasteiger partial charge in [0, 0.05) is 20.2 Å². The quantitative estimate of drug-likeness (QED) is 0.172. The Balaban J connectivity index is 1.36. The Morgan fingerprint density at radius 1 is 0.500 bits per heavy atom. The number of benzene rings is 7. The predicted molar refractivity (Wildman–Crippen MR) is 195 cm³/mol. The number of fused-ring (bicyclic) bond motifs is 5. The molecule has 0 unspecified atom stereocenters. The molecule has 0 amide bonds. The van der Waals surface area contributed by atoms with Crippen molar-refractivity contribution >= 4 is 59.1 Å². The molecule has 7 aromatic carbocycles. The molecule has 8 aromatic rings. The van der Waals surface area contributed by atoms with Gasteiger partial charge in [-0.15, -0.1) is 11.3 Å². The minimum Gasteiger partial charge on any atom is -0.135 e. The van der Waals surface area contributed by atoms with Crippen LogP contribution in [0.5, 0.6) is 0 Å². The van der Waals surface area contributed by atoms with E-state index in [0.29, 0.717) is 0 Å². The van der Waals surface area contributed by atoms with E-state index in [1.54, 1.807) is 0 Å². The van der Waals surface area contributed by atoms with Crippen LogP contribution in [0.1, 0.15) is 24.5 Å². The van der Waals surface area contributed by atoms with Crippen molar-refractivity contribution in [3.8, 4) is 33.4 Å². The van der Waals surface area contributed by atoms with Crippen molar-refractivity contribution in [2.24, 2.45) is 0 Å². The molecule has 0 fully saturated rings. The average molecular weight is 581 g/mol. The summed E-state index contributed by atoms with van der Waals surface area (Å²) >= 11 is 1.87. The summed E-state index contributed by atoms with van der Waals surface area (Å²) in [6.07, 6.45) is 4.19. The lowest BCUT2D eigenvalue weighted by Gasteiger charge is -2.18. The van der Waals surface area contributed by atoms with Crippen molar-refractivity contribution in [3.63, 3.8) is 0 Å². The van der Waals surface area contributed by atoms with Crippen LogP contribution in [0, 0.1) is 0 Å². The second-order valence-electron chi connectivity index (χ2n) is 11.6. The summed E-state index contributed by atoms with van der Waals surface area (Å²) < 4.78 is 2.67. The van der Waals surface area contributed by atoms with Gasteiger partial charge in [0.25, 0.3) is 0 Å². The second kappa shape index (κ2) is 10.9. The van der Waals surface area contributed by atoms with E-state index in [9.17, 15) is 0 Å². The van der Waals surface area contributed by atoms with Crippen molar-refractivity contribution in [3.05, 3.63) is 151 Å². The molecule has 0 saturated heterocycles. The molecule has 0 aliphatic carbocycles. The Morgan fingerprint density at radius 3 is 1.70 bits per heavy atom. The van der Waals surface area contributed by atoms with Crippen LogP contribution in [0.25, 0.3) is 81.2 Å². The molecule has 0 saturated carbocycles. The molecule has 210 valence electrons. The van der Waals surface area contributed by atoms with Gasteiger partial charge in [0.1, 0.15) is 0 Å². The van der Waals surface area contributed by atoms with Crippen LogP contribution >= 0.6 is 11.3 Å². The van der Waals surface area contributed by atoms with Gasteiger partial charge in [-0.05, 0) is 103 Å². The summed E-state index contributed by atoms with van der Waals surface area (Å²) in [6, 6.07) is 49.5. The molecule has 0 aliphatic heterocycles.